The zero-order valence-electron chi connectivity index (χ0n) is 12.6. The number of aromatic nitrogens is 1. The van der Waals surface area contributed by atoms with Gasteiger partial charge in [0.15, 0.2) is 0 Å². The second-order valence-electron chi connectivity index (χ2n) is 5.79. The number of amides is 1. The number of carbonyl (C=O) groups is 2. The van der Waals surface area contributed by atoms with Gasteiger partial charge in [-0.3, -0.25) is 4.79 Å². The van der Waals surface area contributed by atoms with E-state index in [1.54, 1.807) is 0 Å². The van der Waals surface area contributed by atoms with Gasteiger partial charge >= 0.3 is 5.97 Å². The number of benzene rings is 1. The van der Waals surface area contributed by atoms with E-state index >= 15 is 0 Å². The van der Waals surface area contributed by atoms with Crippen LogP contribution < -0.4 is 5.32 Å². The average molecular weight is 310 g/mol. The molecule has 1 fully saturated rings. The van der Waals surface area contributed by atoms with Crippen LogP contribution in [-0.4, -0.2) is 22.0 Å². The molecule has 1 unspecified atom stereocenters. The van der Waals surface area contributed by atoms with Crippen LogP contribution in [0.5, 0.6) is 0 Å². The molecular formula is C18H18N2O3. The monoisotopic (exact) mass is 310 g/mol. The normalized spacial score (nSPS) is 15.5. The molecule has 0 radical (unpaired) electrons. The predicted octanol–water partition coefficient (Wildman–Crippen LogP) is 3.05. The highest BCUT2D eigenvalue weighted by atomic mass is 16.4. The van der Waals surface area contributed by atoms with E-state index in [1.807, 2.05) is 30.3 Å². The van der Waals surface area contributed by atoms with Gasteiger partial charge in [0.1, 0.15) is 5.69 Å². The minimum atomic E-state index is -1.10. The van der Waals surface area contributed by atoms with E-state index < -0.39 is 5.97 Å². The van der Waals surface area contributed by atoms with Crippen LogP contribution in [0, 0.1) is 5.92 Å². The Kier molecular flexibility index (Phi) is 4.37. The minimum absolute atomic E-state index is 0.0170. The molecule has 0 spiro atoms. The van der Waals surface area contributed by atoms with E-state index in [0.717, 1.165) is 18.4 Å². The van der Waals surface area contributed by atoms with Gasteiger partial charge in [0.2, 0.25) is 0 Å². The molecule has 0 aliphatic heterocycles. The lowest BCUT2D eigenvalue weighted by molar-refractivity contribution is 0.0689. The summed E-state index contributed by atoms with van der Waals surface area (Å²) >= 11 is 0. The van der Waals surface area contributed by atoms with Gasteiger partial charge in [0, 0.05) is 6.20 Å². The van der Waals surface area contributed by atoms with Gasteiger partial charge in [-0.25, -0.2) is 9.78 Å². The summed E-state index contributed by atoms with van der Waals surface area (Å²) in [6.45, 7) is 0. The van der Waals surface area contributed by atoms with Crippen LogP contribution >= 0.6 is 0 Å². The van der Waals surface area contributed by atoms with Crippen LogP contribution in [0.2, 0.25) is 0 Å². The summed E-state index contributed by atoms with van der Waals surface area (Å²) in [5.74, 6) is -0.878. The number of carbonyl (C=O) groups excluding carboxylic acids is 1. The van der Waals surface area contributed by atoms with Gasteiger partial charge in [-0.1, -0.05) is 36.8 Å². The summed E-state index contributed by atoms with van der Waals surface area (Å²) in [4.78, 5) is 27.1. The molecule has 1 aliphatic carbocycles. The maximum absolute atomic E-state index is 12.5. The van der Waals surface area contributed by atoms with Gasteiger partial charge in [0.05, 0.1) is 11.6 Å². The molecule has 2 aromatic rings. The zero-order chi connectivity index (χ0) is 16.2. The molecule has 1 heterocycles. The molecule has 0 saturated heterocycles. The predicted molar refractivity (Wildman–Crippen MR) is 85.2 cm³/mol. The van der Waals surface area contributed by atoms with Crippen molar-refractivity contribution in [1.29, 1.82) is 0 Å². The zero-order valence-corrected chi connectivity index (χ0v) is 12.6. The van der Waals surface area contributed by atoms with Crippen LogP contribution in [0.25, 0.3) is 0 Å². The fourth-order valence-electron chi connectivity index (χ4n) is 2.79. The fourth-order valence-corrected chi connectivity index (χ4v) is 2.79. The standard InChI is InChI=1S/C18H18N2O3/c21-17(14-9-10-15(18(22)23)19-11-14)20-16(13-7-4-8-13)12-5-2-1-3-6-12/h1-3,5-6,9-11,13,16H,4,7-8H2,(H,20,21)(H,22,23). The van der Waals surface area contributed by atoms with Crippen LogP contribution in [0.4, 0.5) is 0 Å². The number of pyridine rings is 1. The number of carboxylic acid groups (broad SMARTS) is 1. The molecule has 1 atom stereocenters. The highest BCUT2D eigenvalue weighted by Gasteiger charge is 2.29. The quantitative estimate of drug-likeness (QED) is 0.889. The first-order chi connectivity index (χ1) is 11.1. The Labute approximate surface area is 134 Å². The fraction of sp³-hybridized carbons (Fsp3) is 0.278. The molecule has 118 valence electrons. The lowest BCUT2D eigenvalue weighted by atomic mass is 9.77. The van der Waals surface area contributed by atoms with E-state index in [4.69, 9.17) is 5.11 Å². The van der Waals surface area contributed by atoms with E-state index in [0.29, 0.717) is 11.5 Å². The second-order valence-corrected chi connectivity index (χ2v) is 5.79. The molecule has 5 heteroatoms. The molecule has 1 amide bonds. The van der Waals surface area contributed by atoms with Crippen molar-refractivity contribution in [3.8, 4) is 0 Å². The van der Waals surface area contributed by atoms with Crippen LogP contribution in [0.3, 0.4) is 0 Å². The van der Waals surface area contributed by atoms with Gasteiger partial charge in [0.25, 0.3) is 5.91 Å². The van der Waals surface area contributed by atoms with Crippen molar-refractivity contribution >= 4 is 11.9 Å². The minimum Gasteiger partial charge on any atom is -0.477 e. The van der Waals surface area contributed by atoms with Crippen molar-refractivity contribution in [1.82, 2.24) is 10.3 Å². The number of nitrogens with one attached hydrogen (secondary N) is 1. The molecule has 1 aromatic heterocycles. The Morgan fingerprint density at radius 1 is 1.13 bits per heavy atom. The molecule has 23 heavy (non-hydrogen) atoms. The summed E-state index contributed by atoms with van der Waals surface area (Å²) < 4.78 is 0. The number of hydrogen-bond donors (Lipinski definition) is 2. The lowest BCUT2D eigenvalue weighted by Gasteiger charge is -2.34. The Hall–Kier alpha value is -2.69. The highest BCUT2D eigenvalue weighted by molar-refractivity contribution is 5.95. The van der Waals surface area contributed by atoms with Crippen molar-refractivity contribution in [2.24, 2.45) is 5.92 Å². The van der Waals surface area contributed by atoms with E-state index in [9.17, 15) is 9.59 Å². The van der Waals surface area contributed by atoms with E-state index in [1.165, 1.54) is 24.8 Å². The van der Waals surface area contributed by atoms with Gasteiger partial charge < -0.3 is 10.4 Å². The van der Waals surface area contributed by atoms with Gasteiger partial charge in [-0.15, -0.1) is 0 Å². The third-order valence-corrected chi connectivity index (χ3v) is 4.31. The Bertz CT molecular complexity index is 694. The van der Waals surface area contributed by atoms with Crippen LogP contribution in [0.15, 0.2) is 48.7 Å². The number of carboxylic acids is 1. The van der Waals surface area contributed by atoms with Crippen molar-refractivity contribution in [3.63, 3.8) is 0 Å². The summed E-state index contributed by atoms with van der Waals surface area (Å²) in [7, 11) is 0. The molecule has 1 aromatic carbocycles. The number of rotatable bonds is 5. The molecular weight excluding hydrogens is 292 g/mol. The van der Waals surface area contributed by atoms with Gasteiger partial charge in [-0.05, 0) is 36.5 Å². The third kappa shape index (κ3) is 3.39. The molecule has 0 bridgehead atoms. The first kappa shape index (κ1) is 15.2. The first-order valence-corrected chi connectivity index (χ1v) is 7.70. The van der Waals surface area contributed by atoms with Crippen molar-refractivity contribution < 1.29 is 14.7 Å². The summed E-state index contributed by atoms with van der Waals surface area (Å²) in [5.41, 5.74) is 1.40. The average Bonchev–Trinajstić information content (AvgIpc) is 2.53. The summed E-state index contributed by atoms with van der Waals surface area (Å²) in [6.07, 6.45) is 4.71. The maximum Gasteiger partial charge on any atom is 0.354 e. The Morgan fingerprint density at radius 3 is 2.39 bits per heavy atom. The number of hydrogen-bond acceptors (Lipinski definition) is 3. The first-order valence-electron chi connectivity index (χ1n) is 7.70. The third-order valence-electron chi connectivity index (χ3n) is 4.31. The summed E-state index contributed by atoms with van der Waals surface area (Å²) in [5, 5.41) is 11.9. The largest absolute Gasteiger partial charge is 0.477 e. The number of aromatic carboxylic acids is 1. The van der Waals surface area contributed by atoms with Crippen LogP contribution in [0.1, 0.15) is 51.7 Å². The maximum atomic E-state index is 12.5. The van der Waals surface area contributed by atoms with Crippen molar-refractivity contribution in [3.05, 3.63) is 65.5 Å². The van der Waals surface area contributed by atoms with E-state index in [-0.39, 0.29) is 17.6 Å². The highest BCUT2D eigenvalue weighted by Crippen LogP contribution is 2.37. The second kappa shape index (κ2) is 6.60. The van der Waals surface area contributed by atoms with Crippen LogP contribution in [-0.2, 0) is 0 Å². The van der Waals surface area contributed by atoms with E-state index in [2.05, 4.69) is 10.3 Å². The van der Waals surface area contributed by atoms with Gasteiger partial charge in [-0.2, -0.15) is 0 Å². The molecule has 2 N–H and O–H groups in total. The topological polar surface area (TPSA) is 79.3 Å². The molecule has 5 nitrogen and oxygen atoms in total. The van der Waals surface area contributed by atoms with Crippen molar-refractivity contribution in [2.75, 3.05) is 0 Å². The number of nitrogens with zero attached hydrogens (tertiary/aromatic N) is 1. The Balaban J connectivity index is 1.76. The van der Waals surface area contributed by atoms with Crippen molar-refractivity contribution in [2.45, 2.75) is 25.3 Å². The molecule has 3 rings (SSSR count). The SMILES string of the molecule is O=C(NC(c1ccccc1)C1CCC1)c1ccc(C(=O)O)nc1. The molecule has 1 saturated carbocycles. The summed E-state index contributed by atoms with van der Waals surface area (Å²) in [6, 6.07) is 12.8. The molecule has 1 aliphatic rings. The smallest absolute Gasteiger partial charge is 0.354 e. The lowest BCUT2D eigenvalue weighted by Crippen LogP contribution is -2.36. The Morgan fingerprint density at radius 2 is 1.87 bits per heavy atom.